The molecule has 3 nitrogen and oxygen atoms in total. The average molecular weight is 503 g/mol. The van der Waals surface area contributed by atoms with Crippen LogP contribution in [0.1, 0.15) is 37.3 Å². The van der Waals surface area contributed by atoms with Gasteiger partial charge in [0.2, 0.25) is 0 Å². The summed E-state index contributed by atoms with van der Waals surface area (Å²) in [4.78, 5) is 15.9. The Morgan fingerprint density at radius 2 is 1.96 bits per heavy atom. The predicted octanol–water partition coefficient (Wildman–Crippen LogP) is 6.10. The van der Waals surface area contributed by atoms with Crippen molar-refractivity contribution < 1.29 is 9.53 Å². The number of rotatable bonds is 2. The third-order valence-electron chi connectivity index (χ3n) is 6.18. The molecule has 5 heteroatoms. The molecular formula is C23H21Br2NO2. The summed E-state index contributed by atoms with van der Waals surface area (Å²) in [7, 11) is 0. The van der Waals surface area contributed by atoms with E-state index in [4.69, 9.17) is 4.74 Å². The second-order valence-corrected chi connectivity index (χ2v) is 9.70. The predicted molar refractivity (Wildman–Crippen MR) is 117 cm³/mol. The first-order chi connectivity index (χ1) is 13.5. The molecule has 5 rings (SSSR count). The van der Waals surface area contributed by atoms with Crippen LogP contribution >= 0.6 is 31.9 Å². The number of anilines is 1. The first-order valence-electron chi connectivity index (χ1n) is 9.73. The van der Waals surface area contributed by atoms with Gasteiger partial charge in [0.15, 0.2) is 5.60 Å². The molecule has 1 fully saturated rings. The number of carbonyl (C=O) groups is 1. The molecule has 0 bridgehead atoms. The summed E-state index contributed by atoms with van der Waals surface area (Å²) in [5.41, 5.74) is 3.54. The van der Waals surface area contributed by atoms with Crippen molar-refractivity contribution in [2.24, 2.45) is 5.92 Å². The van der Waals surface area contributed by atoms with Gasteiger partial charge in [-0.25, -0.2) is 0 Å². The zero-order valence-electron chi connectivity index (χ0n) is 15.6. The molecule has 2 aromatic carbocycles. The largest absolute Gasteiger partial charge is 0.356 e. The number of allylic oxidation sites excluding steroid dienone is 1. The summed E-state index contributed by atoms with van der Waals surface area (Å²) >= 11 is 7.23. The fraction of sp³-hybridized carbons (Fsp3) is 0.348. The van der Waals surface area contributed by atoms with Gasteiger partial charge in [0.1, 0.15) is 0 Å². The molecule has 1 aliphatic carbocycles. The second-order valence-electron chi connectivity index (χ2n) is 7.93. The minimum Gasteiger partial charge on any atom is -0.356 e. The van der Waals surface area contributed by atoms with Gasteiger partial charge in [-0.15, -0.1) is 0 Å². The Bertz CT molecular complexity index is 985. The highest BCUT2D eigenvalue weighted by Gasteiger charge is 2.61. The van der Waals surface area contributed by atoms with Crippen LogP contribution in [0.5, 0.6) is 0 Å². The number of fused-ring (bicyclic) bond motifs is 4. The summed E-state index contributed by atoms with van der Waals surface area (Å²) in [5.74, 6) is 0.199. The molecule has 3 aliphatic rings. The topological polar surface area (TPSA) is 29.5 Å². The maximum Gasteiger partial charge on any atom is 0.264 e. The van der Waals surface area contributed by atoms with E-state index in [-0.39, 0.29) is 17.9 Å². The number of benzene rings is 2. The van der Waals surface area contributed by atoms with Gasteiger partial charge in [-0.2, -0.15) is 0 Å². The fourth-order valence-electron chi connectivity index (χ4n) is 5.11. The lowest BCUT2D eigenvalue weighted by Crippen LogP contribution is -2.52. The number of nitrogens with zero attached hydrogens (tertiary/aromatic N) is 1. The van der Waals surface area contributed by atoms with Crippen molar-refractivity contribution in [3.05, 3.63) is 74.2 Å². The quantitative estimate of drug-likeness (QED) is 0.464. The van der Waals surface area contributed by atoms with Gasteiger partial charge >= 0.3 is 0 Å². The van der Waals surface area contributed by atoms with Gasteiger partial charge < -0.3 is 9.64 Å². The fourth-order valence-corrected chi connectivity index (χ4v) is 6.02. The monoisotopic (exact) mass is 501 g/mol. The van der Waals surface area contributed by atoms with Crippen LogP contribution in [0.25, 0.3) is 0 Å². The van der Waals surface area contributed by atoms with Gasteiger partial charge in [0.25, 0.3) is 5.91 Å². The molecule has 2 aliphatic heterocycles. The Hall–Kier alpha value is -1.43. The maximum atomic E-state index is 14.0. The number of hydrogen-bond donors (Lipinski definition) is 0. The molecule has 1 amide bonds. The molecular weight excluding hydrogens is 482 g/mol. The van der Waals surface area contributed by atoms with E-state index in [0.29, 0.717) is 6.54 Å². The van der Waals surface area contributed by atoms with Crippen molar-refractivity contribution in [1.82, 2.24) is 0 Å². The Morgan fingerprint density at radius 1 is 1.18 bits per heavy atom. The van der Waals surface area contributed by atoms with Crippen molar-refractivity contribution in [3.8, 4) is 0 Å². The van der Waals surface area contributed by atoms with E-state index >= 15 is 0 Å². The first-order valence-corrected chi connectivity index (χ1v) is 11.3. The minimum absolute atomic E-state index is 0.0251. The lowest BCUT2D eigenvalue weighted by atomic mass is 9.74. The number of hydrogen-bond acceptors (Lipinski definition) is 2. The van der Waals surface area contributed by atoms with Crippen LogP contribution in [0.4, 0.5) is 5.69 Å². The van der Waals surface area contributed by atoms with E-state index in [1.807, 2.05) is 35.2 Å². The molecule has 28 heavy (non-hydrogen) atoms. The maximum absolute atomic E-state index is 14.0. The van der Waals surface area contributed by atoms with E-state index in [1.54, 1.807) is 0 Å². The SMILES string of the molecule is C[C@@H]1CC2=CCCC2[C@]2(O1)C(=O)N(Cc1ccc(Br)cc1)c1cccc(Br)c12. The normalized spacial score (nSPS) is 28.5. The highest BCUT2D eigenvalue weighted by molar-refractivity contribution is 9.10. The van der Waals surface area contributed by atoms with Crippen molar-refractivity contribution in [2.75, 3.05) is 4.90 Å². The summed E-state index contributed by atoms with van der Waals surface area (Å²) < 4.78 is 8.58. The van der Waals surface area contributed by atoms with E-state index in [9.17, 15) is 4.79 Å². The Labute approximate surface area is 182 Å². The van der Waals surface area contributed by atoms with Gasteiger partial charge in [-0.1, -0.05) is 61.7 Å². The standard InChI is InChI=1S/C23H21Br2NO2/c1-14-12-16-4-2-5-18(16)23(28-14)21-19(25)6-3-7-20(21)26(22(23)27)13-15-8-10-17(24)11-9-15/h3-4,6-11,14,18H,2,5,12-13H2,1H3/t14-,18?,23-/m1/s1. The van der Waals surface area contributed by atoms with Gasteiger partial charge in [-0.3, -0.25) is 4.79 Å². The highest BCUT2D eigenvalue weighted by atomic mass is 79.9. The molecule has 0 aromatic heterocycles. The molecule has 1 unspecified atom stereocenters. The molecule has 1 saturated heterocycles. The van der Waals surface area contributed by atoms with Crippen LogP contribution in [0.2, 0.25) is 0 Å². The summed E-state index contributed by atoms with van der Waals surface area (Å²) in [6.45, 7) is 2.62. The van der Waals surface area contributed by atoms with Crippen molar-refractivity contribution in [1.29, 1.82) is 0 Å². The molecule has 0 N–H and O–H groups in total. The zero-order valence-corrected chi connectivity index (χ0v) is 18.8. The Balaban J connectivity index is 1.65. The van der Waals surface area contributed by atoms with E-state index in [0.717, 1.165) is 45.0 Å². The lowest BCUT2D eigenvalue weighted by molar-refractivity contribution is -0.168. The van der Waals surface area contributed by atoms with Crippen molar-refractivity contribution in [2.45, 2.75) is 44.4 Å². The van der Waals surface area contributed by atoms with E-state index in [1.165, 1.54) is 5.57 Å². The summed E-state index contributed by atoms with van der Waals surface area (Å²) in [5, 5.41) is 0. The average Bonchev–Trinajstić information content (AvgIpc) is 3.22. The molecule has 1 spiro atoms. The number of ether oxygens (including phenoxy) is 1. The number of amides is 1. The first kappa shape index (κ1) is 18.6. The molecule has 0 saturated carbocycles. The highest BCUT2D eigenvalue weighted by Crippen LogP contribution is 2.58. The van der Waals surface area contributed by atoms with Gasteiger partial charge in [0.05, 0.1) is 18.3 Å². The molecule has 0 radical (unpaired) electrons. The van der Waals surface area contributed by atoms with Crippen LogP contribution in [-0.2, 0) is 21.7 Å². The van der Waals surface area contributed by atoms with Crippen LogP contribution in [0, 0.1) is 5.92 Å². The molecule has 2 heterocycles. The molecule has 144 valence electrons. The lowest BCUT2D eigenvalue weighted by Gasteiger charge is -2.43. The second kappa shape index (κ2) is 6.82. The summed E-state index contributed by atoms with van der Waals surface area (Å²) in [6, 6.07) is 14.2. The molecule has 2 aromatic rings. The smallest absolute Gasteiger partial charge is 0.264 e. The Morgan fingerprint density at radius 3 is 2.75 bits per heavy atom. The number of halogens is 2. The van der Waals surface area contributed by atoms with E-state index < -0.39 is 5.60 Å². The summed E-state index contributed by atoms with van der Waals surface area (Å²) in [6.07, 6.45) is 5.27. The number of carbonyl (C=O) groups excluding carboxylic acids is 1. The third-order valence-corrected chi connectivity index (χ3v) is 7.37. The van der Waals surface area contributed by atoms with Crippen LogP contribution in [0.3, 0.4) is 0 Å². The molecule has 3 atom stereocenters. The zero-order chi connectivity index (χ0) is 19.5. The third kappa shape index (κ3) is 2.66. The minimum atomic E-state index is -0.912. The van der Waals surface area contributed by atoms with E-state index in [2.05, 4.69) is 57.0 Å². The van der Waals surface area contributed by atoms with Gasteiger partial charge in [0, 0.05) is 20.4 Å². The Kier molecular flexibility index (Phi) is 4.53. The van der Waals surface area contributed by atoms with Gasteiger partial charge in [-0.05, 0) is 56.0 Å². The van der Waals surface area contributed by atoms with Crippen LogP contribution in [-0.4, -0.2) is 12.0 Å². The van der Waals surface area contributed by atoms with Crippen molar-refractivity contribution in [3.63, 3.8) is 0 Å². The van der Waals surface area contributed by atoms with Crippen molar-refractivity contribution >= 4 is 43.5 Å². The van der Waals surface area contributed by atoms with Crippen LogP contribution < -0.4 is 4.90 Å². The van der Waals surface area contributed by atoms with Crippen LogP contribution in [0.15, 0.2) is 63.1 Å².